The average Bonchev–Trinajstić information content (AvgIpc) is 3.03. The third-order valence-electron chi connectivity index (χ3n) is 6.97. The van der Waals surface area contributed by atoms with E-state index in [1.807, 2.05) is 6.92 Å². The summed E-state index contributed by atoms with van der Waals surface area (Å²) in [5.74, 6) is -0.439. The van der Waals surface area contributed by atoms with Crippen LogP contribution in [0.2, 0.25) is 15.1 Å². The van der Waals surface area contributed by atoms with E-state index >= 15 is 0 Å². The number of sulfonamides is 1. The molecule has 0 aliphatic heterocycles. The van der Waals surface area contributed by atoms with Crippen LogP contribution < -0.4 is 23.8 Å². The Labute approximate surface area is 279 Å². The van der Waals surface area contributed by atoms with Crippen LogP contribution in [-0.4, -0.2) is 65.6 Å². The quantitative estimate of drug-likeness (QED) is 0.188. The lowest BCUT2D eigenvalue weighted by atomic mass is 10.1. The SMILES string of the molecule is CCCCNC(=O)C(C)N(Cc1ccc(Cl)c(Cl)c1)C(=O)CN(c1cc(Cl)ccc1OC)S(=O)(=O)c1ccc(OC)c(OC)c1. The molecule has 0 aromatic heterocycles. The monoisotopic (exact) mass is 699 g/mol. The van der Waals surface area contributed by atoms with Gasteiger partial charge in [-0.15, -0.1) is 0 Å². The zero-order chi connectivity index (χ0) is 33.3. The molecule has 3 aromatic carbocycles. The van der Waals surface area contributed by atoms with Crippen LogP contribution in [0.15, 0.2) is 59.5 Å². The van der Waals surface area contributed by atoms with Crippen LogP contribution in [0.4, 0.5) is 5.69 Å². The Morgan fingerprint density at radius 1 is 0.867 bits per heavy atom. The van der Waals surface area contributed by atoms with E-state index in [4.69, 9.17) is 49.0 Å². The lowest BCUT2D eigenvalue weighted by Crippen LogP contribution is -2.51. The molecule has 244 valence electrons. The van der Waals surface area contributed by atoms with Crippen molar-refractivity contribution < 1.29 is 32.2 Å². The molecule has 10 nitrogen and oxygen atoms in total. The second-order valence-corrected chi connectivity index (χ2v) is 13.0. The van der Waals surface area contributed by atoms with E-state index in [0.29, 0.717) is 22.9 Å². The van der Waals surface area contributed by atoms with Crippen molar-refractivity contribution in [2.75, 3.05) is 38.7 Å². The molecule has 1 atom stereocenters. The minimum Gasteiger partial charge on any atom is -0.495 e. The first kappa shape index (κ1) is 36.1. The number of unbranched alkanes of at least 4 members (excludes halogenated alkanes) is 1. The molecule has 0 bridgehead atoms. The number of benzene rings is 3. The van der Waals surface area contributed by atoms with Crippen LogP contribution in [0.5, 0.6) is 17.2 Å². The van der Waals surface area contributed by atoms with Gasteiger partial charge in [-0.25, -0.2) is 8.42 Å². The molecule has 1 unspecified atom stereocenters. The van der Waals surface area contributed by atoms with Crippen molar-refractivity contribution in [3.8, 4) is 17.2 Å². The molecule has 0 spiro atoms. The van der Waals surface area contributed by atoms with Gasteiger partial charge in [-0.3, -0.25) is 13.9 Å². The van der Waals surface area contributed by atoms with Gasteiger partial charge in [0.15, 0.2) is 11.5 Å². The van der Waals surface area contributed by atoms with Crippen molar-refractivity contribution in [1.82, 2.24) is 10.2 Å². The molecule has 3 aromatic rings. The number of ether oxygens (including phenoxy) is 3. The number of amides is 2. The zero-order valence-electron chi connectivity index (χ0n) is 25.6. The second-order valence-electron chi connectivity index (χ2n) is 9.94. The molecule has 0 heterocycles. The molecule has 3 rings (SSSR count). The molecular formula is C31H36Cl3N3O7S. The van der Waals surface area contributed by atoms with Crippen LogP contribution in [0, 0.1) is 0 Å². The third kappa shape index (κ3) is 8.88. The van der Waals surface area contributed by atoms with E-state index in [-0.39, 0.29) is 38.7 Å². The summed E-state index contributed by atoms with van der Waals surface area (Å²) in [5.41, 5.74) is 0.600. The van der Waals surface area contributed by atoms with E-state index in [0.717, 1.165) is 17.1 Å². The number of nitrogens with zero attached hydrogens (tertiary/aromatic N) is 2. The number of halogens is 3. The molecule has 0 aliphatic carbocycles. The Kier molecular flexibility index (Phi) is 13.0. The molecule has 0 fully saturated rings. The van der Waals surface area contributed by atoms with Crippen LogP contribution in [-0.2, 0) is 26.2 Å². The zero-order valence-corrected chi connectivity index (χ0v) is 28.7. The van der Waals surface area contributed by atoms with Crippen molar-refractivity contribution >= 4 is 62.3 Å². The maximum atomic E-state index is 14.3. The lowest BCUT2D eigenvalue weighted by Gasteiger charge is -2.32. The topological polar surface area (TPSA) is 114 Å². The number of nitrogens with one attached hydrogen (secondary N) is 1. The largest absolute Gasteiger partial charge is 0.495 e. The molecule has 0 aliphatic rings. The summed E-state index contributed by atoms with van der Waals surface area (Å²) in [6, 6.07) is 12.4. The van der Waals surface area contributed by atoms with Gasteiger partial charge in [0, 0.05) is 24.2 Å². The van der Waals surface area contributed by atoms with E-state index in [2.05, 4.69) is 5.32 Å². The highest BCUT2D eigenvalue weighted by molar-refractivity contribution is 7.92. The van der Waals surface area contributed by atoms with Gasteiger partial charge in [-0.1, -0.05) is 54.2 Å². The van der Waals surface area contributed by atoms with Crippen molar-refractivity contribution in [2.45, 2.75) is 44.2 Å². The second kappa shape index (κ2) is 16.3. The first-order valence-corrected chi connectivity index (χ1v) is 16.5. The Morgan fingerprint density at radius 2 is 1.53 bits per heavy atom. The van der Waals surface area contributed by atoms with Gasteiger partial charge in [-0.2, -0.15) is 0 Å². The van der Waals surface area contributed by atoms with Gasteiger partial charge in [-0.05, 0) is 61.4 Å². The minimum atomic E-state index is -4.47. The Hall–Kier alpha value is -3.38. The molecule has 1 N–H and O–H groups in total. The van der Waals surface area contributed by atoms with E-state index in [1.54, 1.807) is 25.1 Å². The molecule has 2 amide bonds. The van der Waals surface area contributed by atoms with Crippen molar-refractivity contribution in [3.05, 3.63) is 75.2 Å². The molecular weight excluding hydrogens is 665 g/mol. The number of methoxy groups -OCH3 is 3. The summed E-state index contributed by atoms with van der Waals surface area (Å²) in [5, 5.41) is 3.64. The van der Waals surface area contributed by atoms with Gasteiger partial charge < -0.3 is 24.4 Å². The smallest absolute Gasteiger partial charge is 0.265 e. The van der Waals surface area contributed by atoms with Crippen LogP contribution in [0.1, 0.15) is 32.3 Å². The number of anilines is 1. The lowest BCUT2D eigenvalue weighted by molar-refractivity contribution is -0.139. The molecule has 0 saturated carbocycles. The van der Waals surface area contributed by atoms with Crippen molar-refractivity contribution in [3.63, 3.8) is 0 Å². The van der Waals surface area contributed by atoms with Gasteiger partial charge >= 0.3 is 0 Å². The number of carbonyl (C=O) groups is 2. The highest BCUT2D eigenvalue weighted by atomic mass is 35.5. The van der Waals surface area contributed by atoms with Crippen molar-refractivity contribution in [2.24, 2.45) is 0 Å². The first-order valence-electron chi connectivity index (χ1n) is 14.0. The predicted molar refractivity (Wildman–Crippen MR) is 176 cm³/mol. The molecule has 0 radical (unpaired) electrons. The fourth-order valence-corrected chi connectivity index (χ4v) is 6.35. The Bertz CT molecular complexity index is 1620. The number of carbonyl (C=O) groups excluding carboxylic acids is 2. The number of hydrogen-bond donors (Lipinski definition) is 1. The fraction of sp³-hybridized carbons (Fsp3) is 0.355. The summed E-state index contributed by atoms with van der Waals surface area (Å²) in [4.78, 5) is 28.5. The maximum absolute atomic E-state index is 14.3. The van der Waals surface area contributed by atoms with Crippen LogP contribution >= 0.6 is 34.8 Å². The van der Waals surface area contributed by atoms with Gasteiger partial charge in [0.2, 0.25) is 11.8 Å². The summed E-state index contributed by atoms with van der Waals surface area (Å²) in [6.07, 6.45) is 1.62. The molecule has 14 heteroatoms. The van der Waals surface area contributed by atoms with Gasteiger partial charge in [0.1, 0.15) is 18.3 Å². The summed E-state index contributed by atoms with van der Waals surface area (Å²) in [7, 11) is -0.291. The highest BCUT2D eigenvalue weighted by Crippen LogP contribution is 2.37. The number of hydrogen-bond acceptors (Lipinski definition) is 7. The van der Waals surface area contributed by atoms with E-state index in [9.17, 15) is 18.0 Å². The highest BCUT2D eigenvalue weighted by Gasteiger charge is 2.34. The first-order chi connectivity index (χ1) is 21.4. The maximum Gasteiger partial charge on any atom is 0.265 e. The van der Waals surface area contributed by atoms with Gasteiger partial charge in [0.25, 0.3) is 10.0 Å². The number of rotatable bonds is 15. The Balaban J connectivity index is 2.13. The molecule has 0 saturated heterocycles. The normalized spacial score (nSPS) is 11.8. The van der Waals surface area contributed by atoms with Crippen LogP contribution in [0.25, 0.3) is 0 Å². The van der Waals surface area contributed by atoms with Crippen LogP contribution in [0.3, 0.4) is 0 Å². The summed E-state index contributed by atoms with van der Waals surface area (Å²) >= 11 is 18.6. The average molecular weight is 701 g/mol. The standard InChI is InChI=1S/C31H36Cl3N3O7S/c1-6-7-14-35-31(39)20(2)36(18-21-8-11-24(33)25(34)15-21)30(38)19-37(26-16-22(32)9-12-27(26)42-3)45(40,41)23-10-13-28(43-4)29(17-23)44-5/h8-13,15-17,20H,6-7,14,18-19H2,1-5H3,(H,35,39). The summed E-state index contributed by atoms with van der Waals surface area (Å²) in [6.45, 7) is 3.22. The van der Waals surface area contributed by atoms with Crippen molar-refractivity contribution in [1.29, 1.82) is 0 Å². The van der Waals surface area contributed by atoms with Gasteiger partial charge in [0.05, 0.1) is 42.0 Å². The fourth-order valence-electron chi connectivity index (χ4n) is 4.43. The third-order valence-corrected chi connectivity index (χ3v) is 9.70. The van der Waals surface area contributed by atoms with E-state index in [1.165, 1.54) is 62.6 Å². The summed E-state index contributed by atoms with van der Waals surface area (Å²) < 4.78 is 45.6. The minimum absolute atomic E-state index is 0.0164. The predicted octanol–water partition coefficient (Wildman–Crippen LogP) is 6.20. The molecule has 45 heavy (non-hydrogen) atoms. The Morgan fingerprint density at radius 3 is 2.16 bits per heavy atom. The van der Waals surface area contributed by atoms with E-state index < -0.39 is 34.4 Å².